The lowest BCUT2D eigenvalue weighted by Gasteiger charge is -2.14. The van der Waals surface area contributed by atoms with E-state index in [1.54, 1.807) is 13.0 Å². The van der Waals surface area contributed by atoms with Crippen LogP contribution in [0.5, 0.6) is 11.5 Å². The predicted octanol–water partition coefficient (Wildman–Crippen LogP) is 5.25. The number of sulfonamides is 1. The van der Waals surface area contributed by atoms with Gasteiger partial charge in [0.15, 0.2) is 11.5 Å². The van der Waals surface area contributed by atoms with Crippen LogP contribution >= 0.6 is 34.8 Å². The highest BCUT2D eigenvalue weighted by molar-refractivity contribution is 7.92. The zero-order chi connectivity index (χ0) is 18.6. The number of nitrogens with one attached hydrogen (secondary N) is 1. The van der Waals surface area contributed by atoms with Crippen LogP contribution in [0.2, 0.25) is 15.1 Å². The van der Waals surface area contributed by atoms with E-state index in [0.29, 0.717) is 24.7 Å². The normalized spacial score (nSPS) is 11.2. The number of ether oxygens (including phenoxy) is 2. The zero-order valence-corrected chi connectivity index (χ0v) is 16.6. The van der Waals surface area contributed by atoms with Gasteiger partial charge in [0.2, 0.25) is 0 Å². The van der Waals surface area contributed by atoms with Crippen LogP contribution in [0.1, 0.15) is 13.8 Å². The number of anilines is 1. The minimum atomic E-state index is -3.91. The minimum absolute atomic E-state index is 0.00143. The molecule has 2 rings (SSSR count). The average molecular weight is 425 g/mol. The van der Waals surface area contributed by atoms with Gasteiger partial charge < -0.3 is 9.47 Å². The zero-order valence-electron chi connectivity index (χ0n) is 13.5. The Morgan fingerprint density at radius 3 is 2.12 bits per heavy atom. The Hall–Kier alpha value is -1.34. The minimum Gasteiger partial charge on any atom is -0.490 e. The summed E-state index contributed by atoms with van der Waals surface area (Å²) in [6.07, 6.45) is 0. The van der Waals surface area contributed by atoms with Crippen LogP contribution in [0.25, 0.3) is 0 Å². The molecule has 0 aliphatic carbocycles. The van der Waals surface area contributed by atoms with Crippen molar-refractivity contribution < 1.29 is 17.9 Å². The van der Waals surface area contributed by atoms with E-state index in [9.17, 15) is 8.42 Å². The molecule has 0 bridgehead atoms. The Labute approximate surface area is 161 Å². The molecule has 0 radical (unpaired) electrons. The quantitative estimate of drug-likeness (QED) is 0.617. The summed E-state index contributed by atoms with van der Waals surface area (Å²) < 4.78 is 38.5. The van der Waals surface area contributed by atoms with Crippen LogP contribution in [-0.4, -0.2) is 21.6 Å². The van der Waals surface area contributed by atoms with Crippen molar-refractivity contribution in [2.75, 3.05) is 17.9 Å². The Morgan fingerprint density at radius 1 is 0.880 bits per heavy atom. The van der Waals surface area contributed by atoms with E-state index in [-0.39, 0.29) is 25.7 Å². The summed E-state index contributed by atoms with van der Waals surface area (Å²) in [7, 11) is -3.91. The van der Waals surface area contributed by atoms with Crippen molar-refractivity contribution in [1.29, 1.82) is 0 Å². The maximum atomic E-state index is 12.6. The first kappa shape index (κ1) is 20.0. The molecule has 0 fully saturated rings. The fraction of sp³-hybridized carbons (Fsp3) is 0.250. The number of benzene rings is 2. The molecule has 1 N–H and O–H groups in total. The molecule has 2 aromatic carbocycles. The summed E-state index contributed by atoms with van der Waals surface area (Å²) in [5, 5.41) is 0.550. The fourth-order valence-electron chi connectivity index (χ4n) is 2.00. The lowest BCUT2D eigenvalue weighted by molar-refractivity contribution is 0.287. The Morgan fingerprint density at radius 2 is 1.48 bits per heavy atom. The van der Waals surface area contributed by atoms with Crippen LogP contribution < -0.4 is 14.2 Å². The molecule has 136 valence electrons. The lowest BCUT2D eigenvalue weighted by Crippen LogP contribution is -2.13. The van der Waals surface area contributed by atoms with E-state index in [1.807, 2.05) is 6.92 Å². The fourth-order valence-corrected chi connectivity index (χ4v) is 3.74. The maximum Gasteiger partial charge on any atom is 0.262 e. The molecule has 0 spiro atoms. The number of hydrogen-bond donors (Lipinski definition) is 1. The van der Waals surface area contributed by atoms with Gasteiger partial charge >= 0.3 is 0 Å². The molecule has 25 heavy (non-hydrogen) atoms. The first-order chi connectivity index (χ1) is 11.8. The third-order valence-corrected chi connectivity index (χ3v) is 5.48. The molecule has 5 nitrogen and oxygen atoms in total. The molecule has 0 aliphatic rings. The van der Waals surface area contributed by atoms with Crippen molar-refractivity contribution >= 4 is 50.5 Å². The van der Waals surface area contributed by atoms with Gasteiger partial charge in [-0.1, -0.05) is 34.8 Å². The lowest BCUT2D eigenvalue weighted by atomic mass is 10.3. The Bertz CT molecular complexity index is 872. The molecule has 0 aliphatic heterocycles. The van der Waals surface area contributed by atoms with Crippen molar-refractivity contribution in [2.24, 2.45) is 0 Å². The molecule has 0 saturated heterocycles. The third-order valence-electron chi connectivity index (χ3n) is 3.08. The van der Waals surface area contributed by atoms with Gasteiger partial charge in [0, 0.05) is 6.07 Å². The standard InChI is InChI=1S/C16H16Cl3NO4S/c1-3-23-15-6-5-10(7-16(15)24-4-2)25(21,22)20-14-9-12(18)11(17)8-13(14)19/h5-9,20H,3-4H2,1-2H3. The van der Waals surface area contributed by atoms with Gasteiger partial charge in [-0.2, -0.15) is 0 Å². The van der Waals surface area contributed by atoms with Crippen molar-refractivity contribution in [1.82, 2.24) is 0 Å². The molecule has 9 heteroatoms. The second-order valence-corrected chi connectivity index (χ2v) is 7.73. The van der Waals surface area contributed by atoms with Gasteiger partial charge in [-0.05, 0) is 38.1 Å². The van der Waals surface area contributed by atoms with E-state index < -0.39 is 10.0 Å². The molecule has 0 heterocycles. The molecule has 0 unspecified atom stereocenters. The monoisotopic (exact) mass is 423 g/mol. The van der Waals surface area contributed by atoms with Gasteiger partial charge in [-0.3, -0.25) is 4.72 Å². The van der Waals surface area contributed by atoms with Gasteiger partial charge in [0.25, 0.3) is 10.0 Å². The first-order valence-electron chi connectivity index (χ1n) is 7.35. The second kappa shape index (κ2) is 8.36. The summed E-state index contributed by atoms with van der Waals surface area (Å²) in [5.41, 5.74) is 0.128. The second-order valence-electron chi connectivity index (χ2n) is 4.83. The molecular formula is C16H16Cl3NO4S. The Balaban J connectivity index is 2.39. The SMILES string of the molecule is CCOc1ccc(S(=O)(=O)Nc2cc(Cl)c(Cl)cc2Cl)cc1OCC. The van der Waals surface area contributed by atoms with Crippen molar-refractivity contribution in [3.05, 3.63) is 45.4 Å². The van der Waals surface area contributed by atoms with Crippen molar-refractivity contribution in [3.63, 3.8) is 0 Å². The Kier molecular flexibility index (Phi) is 6.68. The molecular weight excluding hydrogens is 409 g/mol. The highest BCUT2D eigenvalue weighted by Crippen LogP contribution is 2.35. The highest BCUT2D eigenvalue weighted by Gasteiger charge is 2.19. The summed E-state index contributed by atoms with van der Waals surface area (Å²) in [4.78, 5) is 0.00143. The highest BCUT2D eigenvalue weighted by atomic mass is 35.5. The van der Waals surface area contributed by atoms with Crippen LogP contribution in [0.15, 0.2) is 35.2 Å². The summed E-state index contributed by atoms with van der Waals surface area (Å²) in [5.74, 6) is 0.809. The maximum absolute atomic E-state index is 12.6. The number of rotatable bonds is 7. The van der Waals surface area contributed by atoms with Crippen LogP contribution in [-0.2, 0) is 10.0 Å². The smallest absolute Gasteiger partial charge is 0.262 e. The average Bonchev–Trinajstić information content (AvgIpc) is 2.54. The van der Waals surface area contributed by atoms with Gasteiger partial charge in [0.05, 0.1) is 38.9 Å². The molecule has 0 saturated carbocycles. The van der Waals surface area contributed by atoms with Gasteiger partial charge in [0.1, 0.15) is 0 Å². The van der Waals surface area contributed by atoms with E-state index in [1.165, 1.54) is 24.3 Å². The molecule has 0 aromatic heterocycles. The van der Waals surface area contributed by atoms with Crippen LogP contribution in [0.4, 0.5) is 5.69 Å². The molecule has 0 amide bonds. The van der Waals surface area contributed by atoms with Crippen molar-refractivity contribution in [3.8, 4) is 11.5 Å². The van der Waals surface area contributed by atoms with Crippen molar-refractivity contribution in [2.45, 2.75) is 18.7 Å². The van der Waals surface area contributed by atoms with Gasteiger partial charge in [-0.15, -0.1) is 0 Å². The number of halogens is 3. The van der Waals surface area contributed by atoms with E-state index in [2.05, 4.69) is 4.72 Å². The summed E-state index contributed by atoms with van der Waals surface area (Å²) in [6.45, 7) is 4.43. The molecule has 0 atom stereocenters. The van der Waals surface area contributed by atoms with Crippen LogP contribution in [0, 0.1) is 0 Å². The first-order valence-corrected chi connectivity index (χ1v) is 9.97. The molecule has 2 aromatic rings. The predicted molar refractivity (Wildman–Crippen MR) is 101 cm³/mol. The number of hydrogen-bond acceptors (Lipinski definition) is 4. The van der Waals surface area contributed by atoms with E-state index in [0.717, 1.165) is 0 Å². The summed E-state index contributed by atoms with van der Waals surface area (Å²) in [6, 6.07) is 7.07. The van der Waals surface area contributed by atoms with Gasteiger partial charge in [-0.25, -0.2) is 8.42 Å². The largest absolute Gasteiger partial charge is 0.490 e. The topological polar surface area (TPSA) is 64.6 Å². The van der Waals surface area contributed by atoms with E-state index in [4.69, 9.17) is 44.3 Å². The van der Waals surface area contributed by atoms with Crippen LogP contribution in [0.3, 0.4) is 0 Å². The third kappa shape index (κ3) is 4.85. The van der Waals surface area contributed by atoms with E-state index >= 15 is 0 Å². The summed E-state index contributed by atoms with van der Waals surface area (Å²) >= 11 is 17.8.